The molecule has 2 aromatic rings. The van der Waals surface area contributed by atoms with Crippen molar-refractivity contribution in [2.75, 3.05) is 11.9 Å². The highest BCUT2D eigenvalue weighted by atomic mass is 16.1. The first-order valence-corrected chi connectivity index (χ1v) is 9.86. The molecule has 2 N–H and O–H groups in total. The summed E-state index contributed by atoms with van der Waals surface area (Å²) in [6.07, 6.45) is 11.2. The van der Waals surface area contributed by atoms with Crippen LogP contribution in [0.15, 0.2) is 48.7 Å². The molecule has 1 amide bonds. The number of nitrogens with one attached hydrogen (secondary N) is 2. The lowest BCUT2D eigenvalue weighted by Crippen LogP contribution is -2.25. The SMILES string of the molecule is O=C(NCCCc1ccccc1)c1ccnc(NC2CCCCCC2)c1. The lowest BCUT2D eigenvalue weighted by Gasteiger charge is -2.17. The Morgan fingerprint density at radius 2 is 1.81 bits per heavy atom. The number of aromatic nitrogens is 1. The van der Waals surface area contributed by atoms with E-state index in [-0.39, 0.29) is 5.91 Å². The number of carbonyl (C=O) groups excluding carboxylic acids is 1. The van der Waals surface area contributed by atoms with Crippen LogP contribution in [-0.4, -0.2) is 23.5 Å². The second-order valence-electron chi connectivity index (χ2n) is 7.11. The molecule has 0 unspecified atom stereocenters. The van der Waals surface area contributed by atoms with Gasteiger partial charge in [-0.1, -0.05) is 56.0 Å². The van der Waals surface area contributed by atoms with Gasteiger partial charge in [-0.25, -0.2) is 4.98 Å². The zero-order chi connectivity index (χ0) is 18.0. The fraction of sp³-hybridized carbons (Fsp3) is 0.455. The molecule has 0 radical (unpaired) electrons. The van der Waals surface area contributed by atoms with Gasteiger partial charge in [0.05, 0.1) is 0 Å². The molecular formula is C22H29N3O. The van der Waals surface area contributed by atoms with E-state index >= 15 is 0 Å². The summed E-state index contributed by atoms with van der Waals surface area (Å²) in [5, 5.41) is 6.53. The van der Waals surface area contributed by atoms with Crippen molar-refractivity contribution in [3.63, 3.8) is 0 Å². The second-order valence-corrected chi connectivity index (χ2v) is 7.11. The summed E-state index contributed by atoms with van der Waals surface area (Å²) >= 11 is 0. The number of carbonyl (C=O) groups is 1. The number of pyridine rings is 1. The van der Waals surface area contributed by atoms with E-state index in [2.05, 4.69) is 27.8 Å². The third kappa shape index (κ3) is 5.87. The number of benzene rings is 1. The monoisotopic (exact) mass is 351 g/mol. The Morgan fingerprint density at radius 3 is 2.58 bits per heavy atom. The molecule has 1 aliphatic rings. The zero-order valence-corrected chi connectivity index (χ0v) is 15.4. The highest BCUT2D eigenvalue weighted by Gasteiger charge is 2.13. The smallest absolute Gasteiger partial charge is 0.251 e. The summed E-state index contributed by atoms with van der Waals surface area (Å²) in [7, 11) is 0. The van der Waals surface area contributed by atoms with Crippen molar-refractivity contribution in [3.8, 4) is 0 Å². The fourth-order valence-corrected chi connectivity index (χ4v) is 3.52. The van der Waals surface area contributed by atoms with Crippen LogP contribution < -0.4 is 10.6 Å². The Hall–Kier alpha value is -2.36. The van der Waals surface area contributed by atoms with Crippen molar-refractivity contribution in [1.29, 1.82) is 0 Å². The van der Waals surface area contributed by atoms with E-state index in [1.54, 1.807) is 12.3 Å². The molecule has 3 rings (SSSR count). The molecule has 26 heavy (non-hydrogen) atoms. The number of nitrogens with zero attached hydrogens (tertiary/aromatic N) is 1. The highest BCUT2D eigenvalue weighted by Crippen LogP contribution is 2.20. The van der Waals surface area contributed by atoms with E-state index < -0.39 is 0 Å². The van der Waals surface area contributed by atoms with Crippen molar-refractivity contribution in [1.82, 2.24) is 10.3 Å². The van der Waals surface area contributed by atoms with Crippen molar-refractivity contribution in [2.24, 2.45) is 0 Å². The van der Waals surface area contributed by atoms with Gasteiger partial charge in [0.2, 0.25) is 0 Å². The van der Waals surface area contributed by atoms with Gasteiger partial charge >= 0.3 is 0 Å². The minimum atomic E-state index is -0.0237. The van der Waals surface area contributed by atoms with Crippen molar-refractivity contribution in [3.05, 3.63) is 59.8 Å². The van der Waals surface area contributed by atoms with E-state index in [9.17, 15) is 4.79 Å². The Balaban J connectivity index is 1.46. The minimum Gasteiger partial charge on any atom is -0.367 e. The van der Waals surface area contributed by atoms with Gasteiger partial charge in [0.25, 0.3) is 5.91 Å². The molecule has 0 saturated heterocycles. The molecule has 138 valence electrons. The molecule has 1 heterocycles. The van der Waals surface area contributed by atoms with E-state index in [1.165, 1.54) is 44.1 Å². The molecule has 1 aliphatic carbocycles. The summed E-state index contributed by atoms with van der Waals surface area (Å²) in [4.78, 5) is 16.8. The van der Waals surface area contributed by atoms with Gasteiger partial charge in [-0.15, -0.1) is 0 Å². The van der Waals surface area contributed by atoms with Gasteiger partial charge in [-0.3, -0.25) is 4.79 Å². The summed E-state index contributed by atoms with van der Waals surface area (Å²) < 4.78 is 0. The van der Waals surface area contributed by atoms with Gasteiger partial charge in [-0.05, 0) is 43.4 Å². The van der Waals surface area contributed by atoms with E-state index in [1.807, 2.05) is 24.3 Å². The van der Waals surface area contributed by atoms with Crippen molar-refractivity contribution in [2.45, 2.75) is 57.4 Å². The summed E-state index contributed by atoms with van der Waals surface area (Å²) in [6.45, 7) is 0.682. The third-order valence-corrected chi connectivity index (χ3v) is 5.00. The normalized spacial score (nSPS) is 15.2. The number of anilines is 1. The Kier molecular flexibility index (Phi) is 7.05. The van der Waals surface area contributed by atoms with Gasteiger partial charge in [0, 0.05) is 24.3 Å². The van der Waals surface area contributed by atoms with Crippen LogP contribution >= 0.6 is 0 Å². The maximum Gasteiger partial charge on any atom is 0.251 e. The second kappa shape index (κ2) is 9.95. The Morgan fingerprint density at radius 1 is 1.04 bits per heavy atom. The predicted molar refractivity (Wildman–Crippen MR) is 106 cm³/mol. The number of aryl methyl sites for hydroxylation is 1. The summed E-state index contributed by atoms with van der Waals surface area (Å²) in [5.41, 5.74) is 1.98. The van der Waals surface area contributed by atoms with Crippen LogP contribution in [0.2, 0.25) is 0 Å². The van der Waals surface area contributed by atoms with Gasteiger partial charge in [-0.2, -0.15) is 0 Å². The molecular weight excluding hydrogens is 322 g/mol. The van der Waals surface area contributed by atoms with Crippen LogP contribution in [0.25, 0.3) is 0 Å². The molecule has 4 heteroatoms. The first-order chi connectivity index (χ1) is 12.8. The summed E-state index contributed by atoms with van der Waals surface area (Å²) in [5.74, 6) is 0.790. The average molecular weight is 351 g/mol. The number of hydrogen-bond donors (Lipinski definition) is 2. The van der Waals surface area contributed by atoms with E-state index in [4.69, 9.17) is 0 Å². The third-order valence-electron chi connectivity index (χ3n) is 5.00. The Bertz CT molecular complexity index is 679. The average Bonchev–Trinajstić information content (AvgIpc) is 2.95. The minimum absolute atomic E-state index is 0.0237. The molecule has 1 saturated carbocycles. The molecule has 1 aromatic carbocycles. The van der Waals surface area contributed by atoms with Crippen LogP contribution in [0.4, 0.5) is 5.82 Å². The van der Waals surface area contributed by atoms with Gasteiger partial charge in [0.1, 0.15) is 5.82 Å². The highest BCUT2D eigenvalue weighted by molar-refractivity contribution is 5.94. The quantitative estimate of drug-likeness (QED) is 0.567. The molecule has 4 nitrogen and oxygen atoms in total. The van der Waals surface area contributed by atoms with E-state index in [0.717, 1.165) is 18.7 Å². The van der Waals surface area contributed by atoms with Crippen LogP contribution in [0.5, 0.6) is 0 Å². The molecule has 0 bridgehead atoms. The van der Waals surface area contributed by atoms with Gasteiger partial charge < -0.3 is 10.6 Å². The van der Waals surface area contributed by atoms with Crippen LogP contribution in [0.3, 0.4) is 0 Å². The number of rotatable bonds is 7. The van der Waals surface area contributed by atoms with Gasteiger partial charge in [0.15, 0.2) is 0 Å². The zero-order valence-electron chi connectivity index (χ0n) is 15.4. The van der Waals surface area contributed by atoms with Crippen LogP contribution in [0, 0.1) is 0 Å². The fourth-order valence-electron chi connectivity index (χ4n) is 3.52. The maximum absolute atomic E-state index is 12.4. The Labute approximate surface area is 156 Å². The lowest BCUT2D eigenvalue weighted by molar-refractivity contribution is 0.0953. The van der Waals surface area contributed by atoms with Crippen LogP contribution in [0.1, 0.15) is 60.9 Å². The number of amides is 1. The number of hydrogen-bond acceptors (Lipinski definition) is 3. The maximum atomic E-state index is 12.4. The largest absolute Gasteiger partial charge is 0.367 e. The lowest BCUT2D eigenvalue weighted by atomic mass is 10.1. The van der Waals surface area contributed by atoms with Crippen LogP contribution in [-0.2, 0) is 6.42 Å². The predicted octanol–water partition coefficient (Wildman–Crippen LogP) is 4.58. The molecule has 1 fully saturated rings. The molecule has 0 aliphatic heterocycles. The molecule has 0 spiro atoms. The summed E-state index contributed by atoms with van der Waals surface area (Å²) in [6, 6.07) is 14.5. The first kappa shape index (κ1) is 18.4. The topological polar surface area (TPSA) is 54.0 Å². The van der Waals surface area contributed by atoms with Crippen molar-refractivity contribution >= 4 is 11.7 Å². The molecule has 0 atom stereocenters. The standard InChI is InChI=1S/C22H29N3O/c26-22(24-15-8-11-18-9-4-3-5-10-18)19-14-16-23-21(17-19)25-20-12-6-1-2-7-13-20/h3-5,9-10,14,16-17,20H,1-2,6-8,11-13,15H2,(H,23,25)(H,24,26). The van der Waals surface area contributed by atoms with E-state index in [0.29, 0.717) is 18.2 Å². The molecule has 1 aromatic heterocycles. The van der Waals surface area contributed by atoms with Crippen molar-refractivity contribution < 1.29 is 4.79 Å². The first-order valence-electron chi connectivity index (χ1n) is 9.86.